The molecule has 12 nitrogen and oxygen atoms in total. The Morgan fingerprint density at radius 2 is 0.875 bits per heavy atom. The van der Waals surface area contributed by atoms with E-state index in [1.54, 1.807) is 103 Å². The summed E-state index contributed by atoms with van der Waals surface area (Å²) in [7, 11) is -1.92. The van der Waals surface area contributed by atoms with Crippen molar-refractivity contribution in [2.24, 2.45) is 11.8 Å². The zero-order valence-corrected chi connectivity index (χ0v) is 34.9. The zero-order chi connectivity index (χ0) is 41.0. The molecule has 306 valence electrons. The number of sulfonamides is 2. The molecule has 0 aliphatic rings. The van der Waals surface area contributed by atoms with Crippen LogP contribution in [0.1, 0.15) is 48.6 Å². The lowest BCUT2D eigenvalue weighted by atomic mass is 9.96. The SMILES string of the molecule is COc1ccc(CN(Cc2ccc(OC)cc2)S(=O)(=O)[C@H](CO)C(C)Cc2cc(CN(Cc3ccc(OC)cc3)S(=O)(=O)[C@@H](CO)C(C)C)ccc2OC)cc1. The van der Waals surface area contributed by atoms with Crippen LogP contribution in [-0.2, 0) is 52.6 Å². The molecule has 4 rings (SSSR count). The van der Waals surface area contributed by atoms with Crippen LogP contribution < -0.4 is 18.9 Å². The Hall–Kier alpha value is -4.18. The quantitative estimate of drug-likeness (QED) is 0.102. The second-order valence-electron chi connectivity index (χ2n) is 14.2. The van der Waals surface area contributed by atoms with Crippen LogP contribution in [0, 0.1) is 11.8 Å². The van der Waals surface area contributed by atoms with Crippen LogP contribution in [-0.4, -0.2) is 87.8 Å². The van der Waals surface area contributed by atoms with E-state index in [0.29, 0.717) is 34.1 Å². The normalized spacial score (nSPS) is 13.8. The van der Waals surface area contributed by atoms with Gasteiger partial charge < -0.3 is 29.2 Å². The van der Waals surface area contributed by atoms with E-state index in [-0.39, 0.29) is 38.5 Å². The molecule has 0 saturated heterocycles. The third kappa shape index (κ3) is 11.2. The maximum atomic E-state index is 14.6. The number of methoxy groups -OCH3 is 4. The van der Waals surface area contributed by atoms with Crippen molar-refractivity contribution in [3.63, 3.8) is 0 Å². The maximum absolute atomic E-state index is 14.6. The lowest BCUT2D eigenvalue weighted by molar-refractivity contribution is 0.254. The van der Waals surface area contributed by atoms with Crippen molar-refractivity contribution in [3.05, 3.63) is 119 Å². The van der Waals surface area contributed by atoms with Gasteiger partial charge in [-0.25, -0.2) is 16.8 Å². The van der Waals surface area contributed by atoms with Crippen LogP contribution in [0.5, 0.6) is 23.0 Å². The second-order valence-corrected chi connectivity index (χ2v) is 18.5. The van der Waals surface area contributed by atoms with Gasteiger partial charge in [-0.1, -0.05) is 69.3 Å². The summed E-state index contributed by atoms with van der Waals surface area (Å²) in [6.45, 7) is 4.30. The third-order valence-corrected chi connectivity index (χ3v) is 14.8. The van der Waals surface area contributed by atoms with Gasteiger partial charge in [0.1, 0.15) is 33.5 Å². The maximum Gasteiger partial charge on any atom is 0.220 e. The number of rotatable bonds is 22. The molecule has 0 aliphatic heterocycles. The molecule has 0 aromatic heterocycles. The van der Waals surface area contributed by atoms with Crippen molar-refractivity contribution in [1.82, 2.24) is 8.61 Å². The van der Waals surface area contributed by atoms with Crippen LogP contribution in [0.25, 0.3) is 0 Å². The Kier molecular flexibility index (Phi) is 16.1. The van der Waals surface area contributed by atoms with Crippen LogP contribution in [0.4, 0.5) is 0 Å². The minimum Gasteiger partial charge on any atom is -0.497 e. The van der Waals surface area contributed by atoms with E-state index < -0.39 is 49.7 Å². The predicted molar refractivity (Wildman–Crippen MR) is 218 cm³/mol. The lowest BCUT2D eigenvalue weighted by Gasteiger charge is -2.31. The van der Waals surface area contributed by atoms with Crippen molar-refractivity contribution < 1.29 is 46.0 Å². The lowest BCUT2D eigenvalue weighted by Crippen LogP contribution is -2.43. The molecule has 0 amide bonds. The smallest absolute Gasteiger partial charge is 0.220 e. The number of nitrogens with zero attached hydrogens (tertiary/aromatic N) is 2. The molecule has 0 heterocycles. The standard InChI is InChI=1S/C42H56N2O10S2/c1-30(2)41(28-45)55(47,48)44(26-34-12-19-39(53-6)20-13-34)27-35-14-21-40(54-7)36(23-35)22-31(3)42(29-46)56(49,50)43(24-32-8-15-37(51-4)16-9-32)25-33-10-17-38(52-5)18-11-33/h8-21,23,30-31,41-42,45-46H,22,24-29H2,1-7H3/t31?,41-,42+/m0/s1. The highest BCUT2D eigenvalue weighted by Crippen LogP contribution is 2.31. The van der Waals surface area contributed by atoms with Crippen LogP contribution >= 0.6 is 0 Å². The summed E-state index contributed by atoms with van der Waals surface area (Å²) in [4.78, 5) is 0. The fraction of sp³-hybridized carbons (Fsp3) is 0.429. The van der Waals surface area contributed by atoms with E-state index in [4.69, 9.17) is 18.9 Å². The average molecular weight is 813 g/mol. The minimum absolute atomic E-state index is 0.0117. The van der Waals surface area contributed by atoms with Gasteiger partial charge in [-0.15, -0.1) is 0 Å². The van der Waals surface area contributed by atoms with Gasteiger partial charge in [0.15, 0.2) is 0 Å². The monoisotopic (exact) mass is 812 g/mol. The highest BCUT2D eigenvalue weighted by Gasteiger charge is 2.37. The molecule has 1 unspecified atom stereocenters. The van der Waals surface area contributed by atoms with Crippen LogP contribution in [0.15, 0.2) is 91.0 Å². The molecule has 0 radical (unpaired) electrons. The first-order valence-electron chi connectivity index (χ1n) is 18.4. The van der Waals surface area contributed by atoms with Gasteiger partial charge in [0, 0.05) is 26.2 Å². The summed E-state index contributed by atoms with van der Waals surface area (Å²) in [5, 5.41) is 18.7. The molecule has 0 saturated carbocycles. The molecular formula is C42H56N2O10S2. The molecule has 0 bridgehead atoms. The molecule has 0 fully saturated rings. The van der Waals surface area contributed by atoms with Gasteiger partial charge in [-0.2, -0.15) is 8.61 Å². The number of hydrogen-bond donors (Lipinski definition) is 2. The van der Waals surface area contributed by atoms with E-state index in [1.165, 1.54) is 15.7 Å². The highest BCUT2D eigenvalue weighted by molar-refractivity contribution is 7.90. The molecule has 14 heteroatoms. The highest BCUT2D eigenvalue weighted by atomic mass is 32.2. The largest absolute Gasteiger partial charge is 0.497 e. The van der Waals surface area contributed by atoms with Crippen LogP contribution in [0.2, 0.25) is 0 Å². The Balaban J connectivity index is 1.66. The van der Waals surface area contributed by atoms with E-state index in [2.05, 4.69) is 0 Å². The fourth-order valence-electron chi connectivity index (χ4n) is 6.65. The average Bonchev–Trinajstić information content (AvgIpc) is 3.18. The number of ether oxygens (including phenoxy) is 4. The Morgan fingerprint density at radius 3 is 1.21 bits per heavy atom. The Labute approximate surface area is 332 Å². The van der Waals surface area contributed by atoms with E-state index >= 15 is 0 Å². The Bertz CT molecular complexity index is 1990. The molecular weight excluding hydrogens is 757 g/mol. The summed E-state index contributed by atoms with van der Waals surface area (Å²) in [6, 6.07) is 26.8. The van der Waals surface area contributed by atoms with E-state index in [0.717, 1.165) is 16.7 Å². The summed E-state index contributed by atoms with van der Waals surface area (Å²) >= 11 is 0. The first kappa shape index (κ1) is 44.5. The molecule has 56 heavy (non-hydrogen) atoms. The van der Waals surface area contributed by atoms with Crippen LogP contribution in [0.3, 0.4) is 0 Å². The Morgan fingerprint density at radius 1 is 0.518 bits per heavy atom. The van der Waals surface area contributed by atoms with Gasteiger partial charge in [0.25, 0.3) is 0 Å². The number of benzene rings is 4. The first-order valence-corrected chi connectivity index (χ1v) is 21.4. The number of aliphatic hydroxyl groups is 2. The zero-order valence-electron chi connectivity index (χ0n) is 33.3. The van der Waals surface area contributed by atoms with Gasteiger partial charge in [0.2, 0.25) is 20.0 Å². The van der Waals surface area contributed by atoms with Gasteiger partial charge in [-0.3, -0.25) is 0 Å². The van der Waals surface area contributed by atoms with Crippen molar-refractivity contribution in [3.8, 4) is 23.0 Å². The molecule has 4 aromatic rings. The van der Waals surface area contributed by atoms with E-state index in [1.807, 2.05) is 30.3 Å². The second kappa shape index (κ2) is 20.3. The van der Waals surface area contributed by atoms with Crippen molar-refractivity contribution >= 4 is 20.0 Å². The summed E-state index contributed by atoms with van der Waals surface area (Å²) in [6.07, 6.45) is 0.205. The van der Waals surface area contributed by atoms with Crippen molar-refractivity contribution in [2.45, 2.75) is 63.9 Å². The predicted octanol–water partition coefficient (Wildman–Crippen LogP) is 5.64. The molecule has 4 aromatic carbocycles. The molecule has 2 N–H and O–H groups in total. The summed E-state index contributed by atoms with van der Waals surface area (Å²) in [5.74, 6) is 1.49. The van der Waals surface area contributed by atoms with Gasteiger partial charge >= 0.3 is 0 Å². The molecule has 0 spiro atoms. The molecule has 3 atom stereocenters. The fourth-order valence-corrected chi connectivity index (χ4v) is 10.5. The molecule has 0 aliphatic carbocycles. The topological polar surface area (TPSA) is 152 Å². The van der Waals surface area contributed by atoms with Crippen molar-refractivity contribution in [2.75, 3.05) is 41.7 Å². The number of aliphatic hydroxyl groups excluding tert-OH is 2. The summed E-state index contributed by atoms with van der Waals surface area (Å²) in [5.41, 5.74) is 3.54. The van der Waals surface area contributed by atoms with Gasteiger partial charge in [0.05, 0.1) is 41.7 Å². The van der Waals surface area contributed by atoms with Crippen molar-refractivity contribution in [1.29, 1.82) is 0 Å². The number of hydrogen-bond acceptors (Lipinski definition) is 10. The van der Waals surface area contributed by atoms with E-state index in [9.17, 15) is 27.0 Å². The summed E-state index contributed by atoms with van der Waals surface area (Å²) < 4.78 is 81.6. The third-order valence-electron chi connectivity index (χ3n) is 10.0. The van der Waals surface area contributed by atoms with Gasteiger partial charge in [-0.05, 0) is 88.5 Å². The minimum atomic E-state index is -4.13. The first-order chi connectivity index (χ1) is 26.7.